The second-order valence-corrected chi connectivity index (χ2v) is 3.71. The molecular weight excluding hydrogens is 233 g/mol. The summed E-state index contributed by atoms with van der Waals surface area (Å²) in [5.74, 6) is -0.413. The fourth-order valence-electron chi connectivity index (χ4n) is 1.49. The number of nitrogens with zero attached hydrogens (tertiary/aromatic N) is 3. The van der Waals surface area contributed by atoms with Crippen LogP contribution in [0.25, 0.3) is 0 Å². The maximum absolute atomic E-state index is 13.4. The second-order valence-electron chi connectivity index (χ2n) is 3.71. The van der Waals surface area contributed by atoms with Crippen LogP contribution >= 0.6 is 0 Å². The molecule has 0 spiro atoms. The third kappa shape index (κ3) is 2.66. The first kappa shape index (κ1) is 12.1. The molecule has 0 fully saturated rings. The molecule has 0 radical (unpaired) electrons. The molecule has 18 heavy (non-hydrogen) atoms. The number of aryl methyl sites for hydroxylation is 1. The van der Waals surface area contributed by atoms with Crippen molar-refractivity contribution in [2.24, 2.45) is 0 Å². The zero-order valence-corrected chi connectivity index (χ0v) is 9.93. The lowest BCUT2D eigenvalue weighted by atomic mass is 10.2. The van der Waals surface area contributed by atoms with Crippen molar-refractivity contribution < 1.29 is 9.13 Å². The third-order valence-electron chi connectivity index (χ3n) is 2.46. The van der Waals surface area contributed by atoms with Crippen molar-refractivity contribution in [1.29, 1.82) is 5.26 Å². The lowest BCUT2D eigenvalue weighted by molar-refractivity contribution is 0.284. The minimum Gasteiger partial charge on any atom is -0.484 e. The maximum Gasteiger partial charge on any atom is 0.165 e. The Hall–Kier alpha value is -2.35. The molecule has 0 bridgehead atoms. The van der Waals surface area contributed by atoms with Crippen LogP contribution in [0.2, 0.25) is 0 Å². The van der Waals surface area contributed by atoms with E-state index in [2.05, 4.69) is 5.10 Å². The first-order valence-corrected chi connectivity index (χ1v) is 5.57. The molecule has 4 nitrogen and oxygen atoms in total. The van der Waals surface area contributed by atoms with E-state index in [9.17, 15) is 4.39 Å². The lowest BCUT2D eigenvalue weighted by Gasteiger charge is -2.05. The largest absolute Gasteiger partial charge is 0.484 e. The van der Waals surface area contributed by atoms with E-state index in [1.807, 2.05) is 25.3 Å². The van der Waals surface area contributed by atoms with Crippen LogP contribution in [0, 0.1) is 17.1 Å². The average Bonchev–Trinajstić information content (AvgIpc) is 2.86. The highest BCUT2D eigenvalue weighted by Crippen LogP contribution is 2.19. The van der Waals surface area contributed by atoms with Gasteiger partial charge in [-0.05, 0) is 25.1 Å². The van der Waals surface area contributed by atoms with Crippen LogP contribution in [0.4, 0.5) is 4.39 Å². The summed E-state index contributed by atoms with van der Waals surface area (Å²) in [6.07, 6.45) is 1.83. The summed E-state index contributed by atoms with van der Waals surface area (Å²) in [6, 6.07) is 7.77. The molecule has 0 unspecified atom stereocenters. The molecular formula is C13H12FN3O. The number of hydrogen-bond acceptors (Lipinski definition) is 3. The molecule has 5 heteroatoms. The van der Waals surface area contributed by atoms with E-state index >= 15 is 0 Å². The van der Waals surface area contributed by atoms with E-state index in [1.165, 1.54) is 18.2 Å². The van der Waals surface area contributed by atoms with Gasteiger partial charge in [0.1, 0.15) is 6.61 Å². The number of hydrogen-bond donors (Lipinski definition) is 0. The minimum absolute atomic E-state index is 0.0695. The van der Waals surface area contributed by atoms with Crippen LogP contribution in [0.5, 0.6) is 5.75 Å². The Labute approximate surface area is 104 Å². The predicted octanol–water partition coefficient (Wildman–Crippen LogP) is 2.49. The zero-order valence-electron chi connectivity index (χ0n) is 9.93. The summed E-state index contributed by atoms with van der Waals surface area (Å²) in [6.45, 7) is 2.94. The number of aromatic nitrogens is 2. The molecule has 0 atom stereocenters. The van der Waals surface area contributed by atoms with Crippen LogP contribution in [0.15, 0.2) is 30.5 Å². The van der Waals surface area contributed by atoms with Gasteiger partial charge < -0.3 is 4.74 Å². The summed E-state index contributed by atoms with van der Waals surface area (Å²) in [7, 11) is 0. The summed E-state index contributed by atoms with van der Waals surface area (Å²) in [5, 5.41) is 13.0. The van der Waals surface area contributed by atoms with Gasteiger partial charge in [-0.2, -0.15) is 10.4 Å². The molecule has 0 aliphatic carbocycles. The van der Waals surface area contributed by atoms with E-state index in [4.69, 9.17) is 10.00 Å². The molecule has 2 aromatic rings. The highest BCUT2D eigenvalue weighted by Gasteiger charge is 2.06. The van der Waals surface area contributed by atoms with Crippen LogP contribution in [-0.2, 0) is 13.2 Å². The fourth-order valence-corrected chi connectivity index (χ4v) is 1.49. The van der Waals surface area contributed by atoms with Gasteiger partial charge in [-0.15, -0.1) is 0 Å². The lowest BCUT2D eigenvalue weighted by Crippen LogP contribution is -2.01. The Morgan fingerprint density at radius 2 is 2.28 bits per heavy atom. The van der Waals surface area contributed by atoms with Gasteiger partial charge in [0.25, 0.3) is 0 Å². The fraction of sp³-hybridized carbons (Fsp3) is 0.231. The number of halogens is 1. The third-order valence-corrected chi connectivity index (χ3v) is 2.46. The van der Waals surface area contributed by atoms with E-state index < -0.39 is 5.82 Å². The summed E-state index contributed by atoms with van der Waals surface area (Å²) < 4.78 is 20.5. The van der Waals surface area contributed by atoms with Crippen molar-refractivity contribution in [3.63, 3.8) is 0 Å². The Morgan fingerprint density at radius 1 is 1.44 bits per heavy atom. The molecule has 1 aromatic carbocycles. The van der Waals surface area contributed by atoms with E-state index in [-0.39, 0.29) is 12.4 Å². The summed E-state index contributed by atoms with van der Waals surface area (Å²) >= 11 is 0. The summed E-state index contributed by atoms with van der Waals surface area (Å²) in [4.78, 5) is 0. The molecule has 1 aromatic heterocycles. The maximum atomic E-state index is 13.4. The zero-order chi connectivity index (χ0) is 13.0. The number of benzene rings is 1. The molecule has 0 aliphatic heterocycles. The van der Waals surface area contributed by atoms with Gasteiger partial charge in [0.05, 0.1) is 17.3 Å². The van der Waals surface area contributed by atoms with Crippen molar-refractivity contribution in [3.05, 3.63) is 47.5 Å². The van der Waals surface area contributed by atoms with Crippen LogP contribution in [0.3, 0.4) is 0 Å². The second kappa shape index (κ2) is 5.32. The van der Waals surface area contributed by atoms with Crippen molar-refractivity contribution >= 4 is 0 Å². The Kier molecular flexibility index (Phi) is 3.58. The smallest absolute Gasteiger partial charge is 0.165 e. The first-order valence-electron chi connectivity index (χ1n) is 5.57. The van der Waals surface area contributed by atoms with Crippen LogP contribution < -0.4 is 4.74 Å². The molecule has 92 valence electrons. The van der Waals surface area contributed by atoms with Gasteiger partial charge in [0.2, 0.25) is 0 Å². The topological polar surface area (TPSA) is 50.8 Å². The van der Waals surface area contributed by atoms with E-state index in [0.717, 1.165) is 12.2 Å². The average molecular weight is 245 g/mol. The number of rotatable bonds is 4. The normalized spacial score (nSPS) is 10.1. The van der Waals surface area contributed by atoms with Gasteiger partial charge in [-0.1, -0.05) is 0 Å². The van der Waals surface area contributed by atoms with Gasteiger partial charge in [0, 0.05) is 18.8 Å². The van der Waals surface area contributed by atoms with Gasteiger partial charge in [-0.3, -0.25) is 4.68 Å². The van der Waals surface area contributed by atoms with Crippen molar-refractivity contribution in [3.8, 4) is 11.8 Å². The van der Waals surface area contributed by atoms with Gasteiger partial charge >= 0.3 is 0 Å². The highest BCUT2D eigenvalue weighted by molar-refractivity contribution is 5.37. The van der Waals surface area contributed by atoms with Gasteiger partial charge in [0.15, 0.2) is 11.6 Å². The predicted molar refractivity (Wildman–Crippen MR) is 63.3 cm³/mol. The molecule has 0 saturated heterocycles. The van der Waals surface area contributed by atoms with Crippen LogP contribution in [-0.4, -0.2) is 9.78 Å². The van der Waals surface area contributed by atoms with Crippen molar-refractivity contribution in [1.82, 2.24) is 9.78 Å². The Bertz CT molecular complexity index is 586. The number of nitriles is 1. The summed E-state index contributed by atoms with van der Waals surface area (Å²) in [5.41, 5.74) is 1.09. The van der Waals surface area contributed by atoms with Crippen molar-refractivity contribution in [2.75, 3.05) is 0 Å². The van der Waals surface area contributed by atoms with E-state index in [1.54, 1.807) is 4.68 Å². The molecule has 2 rings (SSSR count). The molecule has 0 N–H and O–H groups in total. The first-order chi connectivity index (χ1) is 8.72. The van der Waals surface area contributed by atoms with Crippen LogP contribution in [0.1, 0.15) is 18.2 Å². The Morgan fingerprint density at radius 3 is 2.94 bits per heavy atom. The molecule has 0 aliphatic rings. The minimum atomic E-state index is -0.482. The number of ether oxygens (including phenoxy) is 1. The van der Waals surface area contributed by atoms with Crippen molar-refractivity contribution in [2.45, 2.75) is 20.1 Å². The molecule has 1 heterocycles. The Balaban J connectivity index is 2.08. The molecule has 0 saturated carbocycles. The highest BCUT2D eigenvalue weighted by atomic mass is 19.1. The monoisotopic (exact) mass is 245 g/mol. The van der Waals surface area contributed by atoms with E-state index in [0.29, 0.717) is 5.56 Å². The van der Waals surface area contributed by atoms with Gasteiger partial charge in [-0.25, -0.2) is 4.39 Å². The quantitative estimate of drug-likeness (QED) is 0.831. The SMILES string of the molecule is CCn1ccc(COc2cc(C#N)ccc2F)n1. The standard InChI is InChI=1S/C13H12FN3O/c1-2-17-6-5-11(16-17)9-18-13-7-10(8-15)3-4-12(13)14/h3-7H,2,9H2,1H3. The molecule has 0 amide bonds.